The monoisotopic (exact) mass is 311 g/mol. The molecule has 10 heteroatoms. The molecule has 0 amide bonds. The van der Waals surface area contributed by atoms with Gasteiger partial charge in [0.1, 0.15) is 18.0 Å². The minimum atomic E-state index is -2.29. The molecule has 1 aromatic heterocycles. The SMILES string of the molecule is Nc1ccn([C@]2(O)O[C@H](CO)[C@@H](O)[C@@H]2O)c(=S)n1.[Cl-].[H+]. The molecule has 1 aliphatic rings. The van der Waals surface area contributed by atoms with Crippen LogP contribution < -0.4 is 18.1 Å². The van der Waals surface area contributed by atoms with Gasteiger partial charge in [0.05, 0.1) is 6.61 Å². The predicted molar refractivity (Wildman–Crippen MR) is 62.8 cm³/mol. The van der Waals surface area contributed by atoms with Crippen LogP contribution in [0.25, 0.3) is 0 Å². The lowest BCUT2D eigenvalue weighted by Gasteiger charge is -2.28. The molecule has 0 unspecified atom stereocenters. The first-order valence-electron chi connectivity index (χ1n) is 5.13. The average Bonchev–Trinajstić information content (AvgIpc) is 2.54. The van der Waals surface area contributed by atoms with E-state index < -0.39 is 30.8 Å². The lowest BCUT2D eigenvalue weighted by atomic mass is 10.1. The largest absolute Gasteiger partial charge is 1.00 e. The molecule has 8 nitrogen and oxygen atoms in total. The lowest BCUT2D eigenvalue weighted by Crippen LogP contribution is -3.00. The van der Waals surface area contributed by atoms with Crippen LogP contribution in [0.2, 0.25) is 0 Å². The van der Waals surface area contributed by atoms with E-state index in [0.717, 1.165) is 4.57 Å². The third-order valence-electron chi connectivity index (χ3n) is 2.76. The number of nitrogen functional groups attached to an aromatic ring is 1. The first-order chi connectivity index (χ1) is 8.40. The van der Waals surface area contributed by atoms with Crippen molar-refractivity contribution >= 4 is 18.0 Å². The van der Waals surface area contributed by atoms with E-state index in [2.05, 4.69) is 4.98 Å². The van der Waals surface area contributed by atoms with Crippen molar-refractivity contribution in [1.82, 2.24) is 9.55 Å². The molecular weight excluding hydrogens is 298 g/mol. The van der Waals surface area contributed by atoms with Crippen molar-refractivity contribution in [2.45, 2.75) is 24.2 Å². The number of aliphatic hydroxyl groups is 4. The molecule has 0 saturated carbocycles. The van der Waals surface area contributed by atoms with Crippen molar-refractivity contribution in [1.29, 1.82) is 0 Å². The van der Waals surface area contributed by atoms with Crippen LogP contribution in [0.3, 0.4) is 0 Å². The Labute approximate surface area is 121 Å². The van der Waals surface area contributed by atoms with Gasteiger partial charge in [-0.2, -0.15) is 0 Å². The van der Waals surface area contributed by atoms with E-state index in [-0.39, 0.29) is 24.4 Å². The highest BCUT2D eigenvalue weighted by Gasteiger charge is 2.54. The topological polar surface area (TPSA) is 134 Å². The van der Waals surface area contributed by atoms with Crippen molar-refractivity contribution in [2.75, 3.05) is 12.3 Å². The minimum Gasteiger partial charge on any atom is -1.00 e. The second-order valence-electron chi connectivity index (χ2n) is 3.94. The number of rotatable bonds is 2. The molecule has 6 N–H and O–H groups in total. The van der Waals surface area contributed by atoms with Crippen LogP contribution in [0.4, 0.5) is 5.82 Å². The Morgan fingerprint density at radius 2 is 2.21 bits per heavy atom. The van der Waals surface area contributed by atoms with Gasteiger partial charge in [-0.1, -0.05) is 0 Å². The molecule has 0 spiro atoms. The minimum absolute atomic E-state index is 0. The molecule has 0 aromatic carbocycles. The molecule has 4 atom stereocenters. The van der Waals surface area contributed by atoms with Gasteiger partial charge in [0.25, 0.3) is 5.91 Å². The van der Waals surface area contributed by atoms with Gasteiger partial charge in [-0.25, -0.2) is 4.98 Å². The van der Waals surface area contributed by atoms with Gasteiger partial charge in [-0.15, -0.1) is 0 Å². The molecule has 1 aliphatic heterocycles. The van der Waals surface area contributed by atoms with Crippen molar-refractivity contribution in [3.63, 3.8) is 0 Å². The third kappa shape index (κ3) is 2.58. The maximum absolute atomic E-state index is 10.2. The maximum atomic E-state index is 10.2. The molecule has 108 valence electrons. The van der Waals surface area contributed by atoms with Crippen LogP contribution in [-0.2, 0) is 10.6 Å². The first kappa shape index (κ1) is 16.2. The Morgan fingerprint density at radius 1 is 1.58 bits per heavy atom. The van der Waals surface area contributed by atoms with Crippen molar-refractivity contribution in [3.8, 4) is 0 Å². The predicted octanol–water partition coefficient (Wildman–Crippen LogP) is -4.97. The summed E-state index contributed by atoms with van der Waals surface area (Å²) in [5, 5.41) is 38.6. The van der Waals surface area contributed by atoms with Crippen LogP contribution in [0.1, 0.15) is 1.43 Å². The van der Waals surface area contributed by atoms with Crippen LogP contribution in [0.15, 0.2) is 12.3 Å². The number of ether oxygens (including phenoxy) is 1. The fourth-order valence-corrected chi connectivity index (χ4v) is 2.09. The van der Waals surface area contributed by atoms with Gasteiger partial charge >= 0.3 is 1.43 Å². The number of hydrogen-bond donors (Lipinski definition) is 5. The molecule has 0 aliphatic carbocycles. The van der Waals surface area contributed by atoms with Crippen LogP contribution in [0, 0.1) is 4.77 Å². The van der Waals surface area contributed by atoms with Crippen molar-refractivity contribution in [2.24, 2.45) is 0 Å². The van der Waals surface area contributed by atoms with Crippen molar-refractivity contribution in [3.05, 3.63) is 17.0 Å². The third-order valence-corrected chi connectivity index (χ3v) is 3.05. The molecule has 2 heterocycles. The highest BCUT2D eigenvalue weighted by molar-refractivity contribution is 7.71. The maximum Gasteiger partial charge on any atom is 1.00 e. The number of halogens is 1. The highest BCUT2D eigenvalue weighted by atomic mass is 35.5. The van der Waals surface area contributed by atoms with E-state index in [0.29, 0.717) is 0 Å². The summed E-state index contributed by atoms with van der Waals surface area (Å²) in [7, 11) is 0. The smallest absolute Gasteiger partial charge is 1.00 e. The van der Waals surface area contributed by atoms with Crippen LogP contribution in [-0.4, -0.2) is 54.9 Å². The number of nitrogens with two attached hydrogens (primary N) is 1. The molecule has 0 radical (unpaired) electrons. The molecule has 19 heavy (non-hydrogen) atoms. The zero-order valence-corrected chi connectivity index (χ0v) is 11.1. The summed E-state index contributed by atoms with van der Waals surface area (Å²) >= 11 is 4.89. The van der Waals surface area contributed by atoms with Gasteiger partial charge < -0.3 is 43.3 Å². The number of nitrogens with zero attached hydrogens (tertiary/aromatic N) is 2. The van der Waals surface area contributed by atoms with E-state index in [9.17, 15) is 15.3 Å². The number of hydrogen-bond acceptors (Lipinski definition) is 8. The molecule has 2 rings (SSSR count). The van der Waals surface area contributed by atoms with Gasteiger partial charge in [-0.3, -0.25) is 4.57 Å². The summed E-state index contributed by atoms with van der Waals surface area (Å²) in [4.78, 5) is 3.73. The Balaban J connectivity index is 0.00000180. The Bertz CT molecular complexity index is 521. The van der Waals surface area contributed by atoms with Crippen LogP contribution in [0.5, 0.6) is 0 Å². The number of aliphatic hydroxyl groups excluding tert-OH is 3. The van der Waals surface area contributed by atoms with E-state index in [1.165, 1.54) is 12.3 Å². The van der Waals surface area contributed by atoms with Gasteiger partial charge in [0.15, 0.2) is 6.10 Å². The van der Waals surface area contributed by atoms with E-state index >= 15 is 0 Å². The normalized spacial score (nSPS) is 34.0. The highest BCUT2D eigenvalue weighted by Crippen LogP contribution is 2.33. The van der Waals surface area contributed by atoms with Crippen molar-refractivity contribution < 1.29 is 39.0 Å². The van der Waals surface area contributed by atoms with E-state index in [4.69, 9.17) is 27.8 Å². The van der Waals surface area contributed by atoms with Gasteiger partial charge in [0.2, 0.25) is 4.77 Å². The molecule has 1 fully saturated rings. The second-order valence-corrected chi connectivity index (χ2v) is 4.30. The summed E-state index contributed by atoms with van der Waals surface area (Å²) in [6, 6.07) is 1.35. The van der Waals surface area contributed by atoms with E-state index in [1.54, 1.807) is 0 Å². The van der Waals surface area contributed by atoms with E-state index in [1.807, 2.05) is 0 Å². The zero-order chi connectivity index (χ0) is 13.5. The second kappa shape index (κ2) is 5.67. The number of aromatic nitrogens is 2. The van der Waals surface area contributed by atoms with Gasteiger partial charge in [-0.05, 0) is 18.3 Å². The van der Waals surface area contributed by atoms with Gasteiger partial charge in [0, 0.05) is 6.20 Å². The first-order valence-corrected chi connectivity index (χ1v) is 5.54. The lowest BCUT2D eigenvalue weighted by molar-refractivity contribution is -0.290. The summed E-state index contributed by atoms with van der Waals surface area (Å²) in [6.07, 6.45) is -2.96. The van der Waals surface area contributed by atoms with Crippen LogP contribution >= 0.6 is 12.2 Å². The standard InChI is InChI=1S/C9H13N3O5S.ClH/c10-5-1-2-12(8(18)11-5)9(16)7(15)6(14)4(3-13)17-9;/h1-2,4,6-7,13-16H,3H2,(H2,10,11,18);1H/t4-,6-,7+,9-;/m1./s1. The Hall–Kier alpha value is -0.810. The molecule has 1 saturated heterocycles. The summed E-state index contributed by atoms with van der Waals surface area (Å²) in [6.45, 7) is -0.559. The summed E-state index contributed by atoms with van der Waals surface area (Å²) < 4.78 is 5.89. The molecular formula is C9H14ClN3O5S. The summed E-state index contributed by atoms with van der Waals surface area (Å²) in [5.74, 6) is -2.14. The average molecular weight is 312 g/mol. The Morgan fingerprint density at radius 3 is 2.68 bits per heavy atom. The fourth-order valence-electron chi connectivity index (χ4n) is 1.79. The fraction of sp³-hybridized carbons (Fsp3) is 0.556. The molecule has 1 aromatic rings. The Kier molecular flexibility index (Phi) is 4.85. The zero-order valence-electron chi connectivity index (χ0n) is 10.5. The quantitative estimate of drug-likeness (QED) is 0.343. The molecule has 0 bridgehead atoms. The summed E-state index contributed by atoms with van der Waals surface area (Å²) in [5.41, 5.74) is 5.42. The number of anilines is 1.